The Labute approximate surface area is 403 Å². The summed E-state index contributed by atoms with van der Waals surface area (Å²) in [7, 11) is 1.60. The molecule has 0 aliphatic carbocycles. The molecular formula is C54H61N3O12. The maximum absolute atomic E-state index is 13.0. The Balaban J connectivity index is 1.30. The van der Waals surface area contributed by atoms with E-state index in [1.165, 1.54) is 6.92 Å². The van der Waals surface area contributed by atoms with Crippen LogP contribution < -0.4 is 4.74 Å². The number of rotatable bonds is 25. The molecule has 0 amide bonds. The second kappa shape index (κ2) is 26.7. The number of esters is 1. The summed E-state index contributed by atoms with van der Waals surface area (Å²) in [5, 5.41) is 4.24. The van der Waals surface area contributed by atoms with E-state index in [1.807, 2.05) is 146 Å². The van der Waals surface area contributed by atoms with E-state index in [1.54, 1.807) is 20.1 Å². The van der Waals surface area contributed by atoms with Gasteiger partial charge in [-0.25, -0.2) is 0 Å². The highest BCUT2D eigenvalue weighted by Gasteiger charge is 2.55. The molecule has 2 heterocycles. The third kappa shape index (κ3) is 15.0. The van der Waals surface area contributed by atoms with Gasteiger partial charge in [0, 0.05) is 11.8 Å². The maximum Gasteiger partial charge on any atom is 0.303 e. The number of hydrogen-bond acceptors (Lipinski definition) is 13. The molecule has 15 heteroatoms. The predicted molar refractivity (Wildman–Crippen MR) is 255 cm³/mol. The van der Waals surface area contributed by atoms with Crippen molar-refractivity contribution >= 4 is 5.97 Å². The Bertz CT molecular complexity index is 2330. The molecule has 2 saturated heterocycles. The van der Waals surface area contributed by atoms with E-state index in [2.05, 4.69) is 16.6 Å². The lowest BCUT2D eigenvalue weighted by atomic mass is 9.95. The topological polar surface area (TPSA) is 167 Å². The SMILES string of the molecule is C=CC(C)O[C@@H]1O[C@H](COCc2ccccc2)[C@@H](OC2O[C@H](COCc3ccccc3)[C@H](OC(C)=O)[C@H](OCc3ccccc3)[C@H]2OCc2ccccc2)[C@H](OCc2ccc(OC)cc2)[C@H]1N=[N+]=[N-]. The highest BCUT2D eigenvalue weighted by Crippen LogP contribution is 2.37. The molecule has 364 valence electrons. The summed E-state index contributed by atoms with van der Waals surface area (Å²) in [4.78, 5) is 16.3. The van der Waals surface area contributed by atoms with Crippen LogP contribution in [0.15, 0.2) is 163 Å². The second-order valence-corrected chi connectivity index (χ2v) is 16.7. The minimum absolute atomic E-state index is 0.0108. The summed E-state index contributed by atoms with van der Waals surface area (Å²) in [6.45, 7) is 7.82. The van der Waals surface area contributed by atoms with Gasteiger partial charge in [0.2, 0.25) is 0 Å². The number of methoxy groups -OCH3 is 1. The molecule has 0 spiro atoms. The minimum atomic E-state index is -1.26. The molecule has 2 aliphatic rings. The molecular weight excluding hydrogens is 883 g/mol. The van der Waals surface area contributed by atoms with Crippen molar-refractivity contribution in [2.75, 3.05) is 20.3 Å². The summed E-state index contributed by atoms with van der Waals surface area (Å²) in [6, 6.07) is 45.1. The molecule has 2 unspecified atom stereocenters. The lowest BCUT2D eigenvalue weighted by molar-refractivity contribution is -0.362. The van der Waals surface area contributed by atoms with Gasteiger partial charge in [-0.15, -0.1) is 6.58 Å². The van der Waals surface area contributed by atoms with E-state index in [0.29, 0.717) is 5.75 Å². The molecule has 15 nitrogen and oxygen atoms in total. The van der Waals surface area contributed by atoms with Crippen LogP contribution in [0, 0.1) is 0 Å². The fraction of sp³-hybridized carbons (Fsp3) is 0.389. The maximum atomic E-state index is 13.0. The van der Waals surface area contributed by atoms with Gasteiger partial charge in [0.25, 0.3) is 0 Å². The zero-order chi connectivity index (χ0) is 48.2. The van der Waals surface area contributed by atoms with Crippen molar-refractivity contribution in [3.05, 3.63) is 197 Å². The third-order valence-electron chi connectivity index (χ3n) is 11.6. The number of nitrogens with zero attached hydrogens (tertiary/aromatic N) is 3. The standard InChI is InChI=1S/C54H61N3O12/c1-5-37(2)65-53-47(56-57-55)50(62-34-43-26-28-44(59-4)29-27-43)48(45(67-53)35-60-30-39-18-10-6-11-19-39)69-54-52(64-33-42-24-16-9-17-25-42)51(63-32-41-22-14-8-15-23-41)49(66-38(3)58)46(68-54)36-61-31-40-20-12-7-13-21-40/h5-29,37,45-54H,1,30-36H2,2-4H3/t37?,45-,46-,47-,48-,49+,50-,51+,52-,53-,54?/m1/s1. The van der Waals surface area contributed by atoms with Crippen LogP contribution in [-0.2, 0) is 85.2 Å². The van der Waals surface area contributed by atoms with Crippen LogP contribution >= 0.6 is 0 Å². The molecule has 69 heavy (non-hydrogen) atoms. The normalized spacial score (nSPS) is 24.9. The first-order chi connectivity index (χ1) is 33.8. The van der Waals surface area contributed by atoms with Gasteiger partial charge in [0.05, 0.1) is 59.5 Å². The average Bonchev–Trinajstić information content (AvgIpc) is 3.38. The lowest BCUT2D eigenvalue weighted by Gasteiger charge is -2.49. The van der Waals surface area contributed by atoms with E-state index >= 15 is 0 Å². The highest BCUT2D eigenvalue weighted by atomic mass is 16.8. The summed E-state index contributed by atoms with van der Waals surface area (Å²) < 4.78 is 71.9. The van der Waals surface area contributed by atoms with Crippen LogP contribution in [0.4, 0.5) is 0 Å². The van der Waals surface area contributed by atoms with Crippen LogP contribution in [0.3, 0.4) is 0 Å². The van der Waals surface area contributed by atoms with Crippen molar-refractivity contribution in [2.24, 2.45) is 5.11 Å². The Morgan fingerprint density at radius 1 is 0.623 bits per heavy atom. The Morgan fingerprint density at radius 2 is 1.07 bits per heavy atom. The van der Waals surface area contributed by atoms with Crippen molar-refractivity contribution in [3.8, 4) is 5.75 Å². The minimum Gasteiger partial charge on any atom is -0.497 e. The zero-order valence-corrected chi connectivity index (χ0v) is 39.2. The fourth-order valence-electron chi connectivity index (χ4n) is 8.10. The van der Waals surface area contributed by atoms with E-state index in [0.717, 1.165) is 27.8 Å². The number of carbonyl (C=O) groups is 1. The molecule has 0 bridgehead atoms. The van der Waals surface area contributed by atoms with Gasteiger partial charge in [0.15, 0.2) is 18.7 Å². The van der Waals surface area contributed by atoms with Crippen molar-refractivity contribution in [1.29, 1.82) is 0 Å². The smallest absolute Gasteiger partial charge is 0.303 e. The fourth-order valence-corrected chi connectivity index (χ4v) is 8.10. The second-order valence-electron chi connectivity index (χ2n) is 16.7. The van der Waals surface area contributed by atoms with Crippen LogP contribution in [-0.4, -0.2) is 93.7 Å². The van der Waals surface area contributed by atoms with Crippen molar-refractivity contribution < 1.29 is 56.9 Å². The van der Waals surface area contributed by atoms with Gasteiger partial charge in [-0.2, -0.15) is 0 Å². The third-order valence-corrected chi connectivity index (χ3v) is 11.6. The van der Waals surface area contributed by atoms with Crippen LogP contribution in [0.5, 0.6) is 5.75 Å². The van der Waals surface area contributed by atoms with Gasteiger partial charge in [0.1, 0.15) is 48.4 Å². The van der Waals surface area contributed by atoms with E-state index in [4.69, 9.17) is 52.1 Å². The Morgan fingerprint density at radius 3 is 1.55 bits per heavy atom. The number of azide groups is 1. The Kier molecular flexibility index (Phi) is 19.7. The van der Waals surface area contributed by atoms with Crippen LogP contribution in [0.2, 0.25) is 0 Å². The largest absolute Gasteiger partial charge is 0.497 e. The molecule has 5 aromatic carbocycles. The summed E-state index contributed by atoms with van der Waals surface area (Å²) >= 11 is 0. The molecule has 5 aromatic rings. The molecule has 11 atom stereocenters. The highest BCUT2D eigenvalue weighted by molar-refractivity contribution is 5.66. The number of benzene rings is 5. The van der Waals surface area contributed by atoms with E-state index in [-0.39, 0.29) is 46.2 Å². The number of ether oxygens (including phenoxy) is 11. The van der Waals surface area contributed by atoms with Crippen molar-refractivity contribution in [2.45, 2.75) is 114 Å². The molecule has 0 aromatic heterocycles. The molecule has 7 rings (SSSR count). The Hall–Kier alpha value is -5.94. The molecule has 0 N–H and O–H groups in total. The zero-order valence-electron chi connectivity index (χ0n) is 39.2. The first-order valence-electron chi connectivity index (χ1n) is 23.1. The first kappa shape index (κ1) is 50.9. The summed E-state index contributed by atoms with van der Waals surface area (Å²) in [5.41, 5.74) is 14.5. The molecule has 0 saturated carbocycles. The molecule has 2 aliphatic heterocycles. The molecule has 2 fully saturated rings. The predicted octanol–water partition coefficient (Wildman–Crippen LogP) is 9.22. The monoisotopic (exact) mass is 943 g/mol. The molecule has 0 radical (unpaired) electrons. The average molecular weight is 944 g/mol. The lowest BCUT2D eigenvalue weighted by Crippen LogP contribution is -2.66. The van der Waals surface area contributed by atoms with Crippen molar-refractivity contribution in [3.63, 3.8) is 0 Å². The van der Waals surface area contributed by atoms with Gasteiger partial charge < -0.3 is 52.1 Å². The van der Waals surface area contributed by atoms with Crippen LogP contribution in [0.25, 0.3) is 10.4 Å². The van der Waals surface area contributed by atoms with E-state index < -0.39 is 73.4 Å². The van der Waals surface area contributed by atoms with Crippen LogP contribution in [0.1, 0.15) is 41.7 Å². The van der Waals surface area contributed by atoms with Gasteiger partial charge >= 0.3 is 5.97 Å². The van der Waals surface area contributed by atoms with Crippen molar-refractivity contribution in [1.82, 2.24) is 0 Å². The van der Waals surface area contributed by atoms with Gasteiger partial charge in [-0.3, -0.25) is 4.79 Å². The number of carbonyl (C=O) groups excluding carboxylic acids is 1. The summed E-state index contributed by atoms with van der Waals surface area (Å²) in [5.74, 6) is 0.126. The van der Waals surface area contributed by atoms with Gasteiger partial charge in [-0.1, -0.05) is 145 Å². The summed E-state index contributed by atoms with van der Waals surface area (Å²) in [6.07, 6.45) is -8.29. The number of hydrogen-bond donors (Lipinski definition) is 0. The van der Waals surface area contributed by atoms with Gasteiger partial charge in [-0.05, 0) is 52.4 Å². The first-order valence-corrected chi connectivity index (χ1v) is 23.1. The quantitative estimate of drug-likeness (QED) is 0.0179. The van der Waals surface area contributed by atoms with E-state index in [9.17, 15) is 10.3 Å².